The van der Waals surface area contributed by atoms with Crippen LogP contribution in [0.4, 0.5) is 11.5 Å². The van der Waals surface area contributed by atoms with E-state index in [2.05, 4.69) is 31.5 Å². The van der Waals surface area contributed by atoms with Gasteiger partial charge >= 0.3 is 0 Å². The molecule has 0 saturated heterocycles. The number of H-pyrrole nitrogens is 1. The molecule has 8 nitrogen and oxygen atoms in total. The van der Waals surface area contributed by atoms with Crippen molar-refractivity contribution in [1.82, 2.24) is 20.1 Å². The standard InChI is InChI=1S/C23H20N6O2/c1-23(2,3)21(30)17-12-25-22-20(17)29-19(13-26-22)28-16-6-4-14(5-7-16)10-15(11-24)18-8-9-27-31-18/h4-10,12-13H,1-3H3,(H,25,26)(H,28,29). The quantitative estimate of drug-likeness (QED) is 0.350. The Labute approximate surface area is 178 Å². The van der Waals surface area contributed by atoms with Crippen molar-refractivity contribution in [3.05, 3.63) is 65.8 Å². The molecule has 0 spiro atoms. The summed E-state index contributed by atoms with van der Waals surface area (Å²) in [4.78, 5) is 24.7. The van der Waals surface area contributed by atoms with E-state index >= 15 is 0 Å². The largest absolute Gasteiger partial charge is 0.356 e. The molecule has 0 unspecified atom stereocenters. The van der Waals surface area contributed by atoms with Crippen molar-refractivity contribution >= 4 is 40.1 Å². The molecule has 3 heterocycles. The number of ketones is 1. The van der Waals surface area contributed by atoms with Crippen LogP contribution >= 0.6 is 0 Å². The number of allylic oxidation sites excluding steroid dienone is 1. The Kier molecular flexibility index (Phi) is 5.09. The van der Waals surface area contributed by atoms with Crippen molar-refractivity contribution in [2.75, 3.05) is 5.32 Å². The highest BCUT2D eigenvalue weighted by atomic mass is 16.5. The van der Waals surface area contributed by atoms with Gasteiger partial charge in [0.05, 0.1) is 23.5 Å². The first kappa shape index (κ1) is 20.0. The first-order valence-corrected chi connectivity index (χ1v) is 9.64. The van der Waals surface area contributed by atoms with Gasteiger partial charge in [0.15, 0.2) is 17.2 Å². The lowest BCUT2D eigenvalue weighted by molar-refractivity contribution is 0.0860. The molecule has 8 heteroatoms. The van der Waals surface area contributed by atoms with Crippen molar-refractivity contribution in [3.63, 3.8) is 0 Å². The Morgan fingerprint density at radius 3 is 2.65 bits per heavy atom. The van der Waals surface area contributed by atoms with Crippen LogP contribution in [-0.4, -0.2) is 25.9 Å². The number of carbonyl (C=O) groups excluding carboxylic acids is 1. The number of hydrogen-bond acceptors (Lipinski definition) is 7. The minimum atomic E-state index is -0.516. The summed E-state index contributed by atoms with van der Waals surface area (Å²) in [6.45, 7) is 5.62. The molecule has 4 aromatic rings. The third-order valence-corrected chi connectivity index (χ3v) is 4.62. The Morgan fingerprint density at radius 2 is 2.00 bits per heavy atom. The molecule has 154 valence electrons. The number of carbonyl (C=O) groups is 1. The normalized spacial score (nSPS) is 12.0. The minimum absolute atomic E-state index is 0.00129. The molecule has 31 heavy (non-hydrogen) atoms. The van der Waals surface area contributed by atoms with Crippen molar-refractivity contribution in [2.24, 2.45) is 5.41 Å². The number of aromatic amines is 1. The van der Waals surface area contributed by atoms with Gasteiger partial charge < -0.3 is 14.8 Å². The lowest BCUT2D eigenvalue weighted by Crippen LogP contribution is -2.20. The number of nitriles is 1. The summed E-state index contributed by atoms with van der Waals surface area (Å²) in [6, 6.07) is 11.2. The zero-order chi connectivity index (χ0) is 22.0. The van der Waals surface area contributed by atoms with E-state index in [4.69, 9.17) is 4.52 Å². The topological polar surface area (TPSA) is 120 Å². The zero-order valence-electron chi connectivity index (χ0n) is 17.3. The highest BCUT2D eigenvalue weighted by molar-refractivity contribution is 6.08. The van der Waals surface area contributed by atoms with Crippen LogP contribution in [0.2, 0.25) is 0 Å². The summed E-state index contributed by atoms with van der Waals surface area (Å²) >= 11 is 0. The lowest BCUT2D eigenvalue weighted by Gasteiger charge is -2.15. The van der Waals surface area contributed by atoms with Crippen molar-refractivity contribution in [2.45, 2.75) is 20.8 Å². The molecular formula is C23H20N6O2. The predicted molar refractivity (Wildman–Crippen MR) is 117 cm³/mol. The van der Waals surface area contributed by atoms with Crippen LogP contribution < -0.4 is 5.32 Å². The number of anilines is 2. The number of hydrogen-bond donors (Lipinski definition) is 2. The van der Waals surface area contributed by atoms with Crippen LogP contribution in [0.3, 0.4) is 0 Å². The Hall–Kier alpha value is -4.25. The van der Waals surface area contributed by atoms with Crippen LogP contribution in [0, 0.1) is 16.7 Å². The molecular weight excluding hydrogens is 392 g/mol. The zero-order valence-corrected chi connectivity index (χ0v) is 17.3. The summed E-state index contributed by atoms with van der Waals surface area (Å²) in [7, 11) is 0. The average Bonchev–Trinajstić information content (AvgIpc) is 3.42. The molecule has 0 fully saturated rings. The molecule has 0 aliphatic heterocycles. The van der Waals surface area contributed by atoms with E-state index in [0.29, 0.717) is 33.9 Å². The van der Waals surface area contributed by atoms with Gasteiger partial charge in [-0.3, -0.25) is 4.79 Å². The molecule has 3 aromatic heterocycles. The highest BCUT2D eigenvalue weighted by Crippen LogP contribution is 2.26. The van der Waals surface area contributed by atoms with Gasteiger partial charge in [-0.1, -0.05) is 38.1 Å². The Balaban J connectivity index is 1.57. The Morgan fingerprint density at radius 1 is 1.23 bits per heavy atom. The number of aromatic nitrogens is 4. The first-order valence-electron chi connectivity index (χ1n) is 9.64. The van der Waals surface area contributed by atoms with E-state index in [0.717, 1.165) is 11.3 Å². The van der Waals surface area contributed by atoms with Crippen LogP contribution in [0.5, 0.6) is 0 Å². The van der Waals surface area contributed by atoms with Gasteiger partial charge in [0.25, 0.3) is 0 Å². The minimum Gasteiger partial charge on any atom is -0.356 e. The van der Waals surface area contributed by atoms with Gasteiger partial charge in [0, 0.05) is 23.4 Å². The second kappa shape index (κ2) is 7.88. The summed E-state index contributed by atoms with van der Waals surface area (Å²) < 4.78 is 5.04. The van der Waals surface area contributed by atoms with E-state index in [-0.39, 0.29) is 5.78 Å². The molecule has 2 N–H and O–H groups in total. The van der Waals surface area contributed by atoms with E-state index in [1.165, 1.54) is 6.20 Å². The number of nitrogens with one attached hydrogen (secondary N) is 2. The van der Waals surface area contributed by atoms with Crippen molar-refractivity contribution in [1.29, 1.82) is 5.26 Å². The molecule has 0 atom stereocenters. The smallest absolute Gasteiger partial charge is 0.177 e. The number of benzene rings is 1. The fourth-order valence-electron chi connectivity index (χ4n) is 3.02. The SMILES string of the molecule is CC(C)(C)C(=O)c1c[nH]c2ncc(Nc3ccc(C=C(C#N)c4ccno4)cc3)nc12. The van der Waals surface area contributed by atoms with E-state index < -0.39 is 5.41 Å². The summed E-state index contributed by atoms with van der Waals surface area (Å²) in [5.41, 5.74) is 3.13. The maximum absolute atomic E-state index is 12.7. The third kappa shape index (κ3) is 4.21. The van der Waals surface area contributed by atoms with Crippen molar-refractivity contribution < 1.29 is 9.32 Å². The number of Topliss-reactive ketones (excluding diaryl/α,β-unsaturated/α-hetero) is 1. The molecule has 0 aliphatic rings. The second-order valence-corrected chi connectivity index (χ2v) is 8.03. The predicted octanol–water partition coefficient (Wildman–Crippen LogP) is 4.98. The maximum atomic E-state index is 12.7. The third-order valence-electron chi connectivity index (χ3n) is 4.62. The van der Waals surface area contributed by atoms with Crippen LogP contribution in [0.1, 0.15) is 42.5 Å². The number of fused-ring (bicyclic) bond motifs is 1. The second-order valence-electron chi connectivity index (χ2n) is 8.03. The van der Waals surface area contributed by atoms with Crippen molar-refractivity contribution in [3.8, 4) is 6.07 Å². The van der Waals surface area contributed by atoms with Gasteiger partial charge in [0.1, 0.15) is 17.4 Å². The molecule has 1 aromatic carbocycles. The first-order chi connectivity index (χ1) is 14.8. The van der Waals surface area contributed by atoms with E-state index in [9.17, 15) is 10.1 Å². The molecule has 0 aliphatic carbocycles. The van der Waals surface area contributed by atoms with Crippen LogP contribution in [0.25, 0.3) is 22.8 Å². The van der Waals surface area contributed by atoms with Gasteiger partial charge in [0.2, 0.25) is 0 Å². The monoisotopic (exact) mass is 412 g/mol. The summed E-state index contributed by atoms with van der Waals surface area (Å²) in [6.07, 6.45) is 6.48. The molecule has 0 radical (unpaired) electrons. The molecule has 4 rings (SSSR count). The van der Waals surface area contributed by atoms with E-state index in [1.807, 2.05) is 45.0 Å². The molecule has 0 bridgehead atoms. The summed E-state index contributed by atoms with van der Waals surface area (Å²) in [5, 5.41) is 16.2. The highest BCUT2D eigenvalue weighted by Gasteiger charge is 2.26. The lowest BCUT2D eigenvalue weighted by atomic mass is 9.87. The average molecular weight is 412 g/mol. The van der Waals surface area contributed by atoms with Gasteiger partial charge in [-0.25, -0.2) is 9.97 Å². The fourth-order valence-corrected chi connectivity index (χ4v) is 3.02. The van der Waals surface area contributed by atoms with Crippen LogP contribution in [-0.2, 0) is 0 Å². The number of nitrogens with zero attached hydrogens (tertiary/aromatic N) is 4. The summed E-state index contributed by atoms with van der Waals surface area (Å²) in [5.74, 6) is 0.944. The van der Waals surface area contributed by atoms with Crippen LogP contribution in [0.15, 0.2) is 53.4 Å². The molecule has 0 saturated carbocycles. The maximum Gasteiger partial charge on any atom is 0.177 e. The van der Waals surface area contributed by atoms with E-state index in [1.54, 1.807) is 24.5 Å². The molecule has 0 amide bonds. The number of rotatable bonds is 5. The van der Waals surface area contributed by atoms with Gasteiger partial charge in [-0.2, -0.15) is 5.26 Å². The van der Waals surface area contributed by atoms with Gasteiger partial charge in [-0.05, 0) is 23.8 Å². The fraction of sp³-hybridized carbons (Fsp3) is 0.174. The van der Waals surface area contributed by atoms with Gasteiger partial charge in [-0.15, -0.1) is 0 Å². The Bertz CT molecular complexity index is 1300.